The van der Waals surface area contributed by atoms with Gasteiger partial charge in [-0.15, -0.1) is 0 Å². The summed E-state index contributed by atoms with van der Waals surface area (Å²) >= 11 is 0. The molecule has 0 aromatic heterocycles. The van der Waals surface area contributed by atoms with Crippen LogP contribution in [0.4, 0.5) is 5.69 Å². The predicted molar refractivity (Wildman–Crippen MR) is 78.3 cm³/mol. The minimum atomic E-state index is -0.731. The molecule has 1 aromatic rings. The first-order valence-corrected chi connectivity index (χ1v) is 6.66. The van der Waals surface area contributed by atoms with E-state index in [4.69, 9.17) is 10.2 Å². The van der Waals surface area contributed by atoms with Crippen LogP contribution in [0.25, 0.3) is 0 Å². The zero-order valence-corrected chi connectivity index (χ0v) is 11.9. The van der Waals surface area contributed by atoms with Crippen molar-refractivity contribution in [3.63, 3.8) is 0 Å². The summed E-state index contributed by atoms with van der Waals surface area (Å²) in [6, 6.07) is 4.18. The molecule has 0 fully saturated rings. The number of carbonyl (C=O) groups is 1. The van der Waals surface area contributed by atoms with E-state index in [2.05, 4.69) is 10.6 Å². The van der Waals surface area contributed by atoms with Gasteiger partial charge in [-0.1, -0.05) is 0 Å². The van der Waals surface area contributed by atoms with Crippen molar-refractivity contribution < 1.29 is 25.2 Å². The molecule has 0 saturated carbocycles. The van der Waals surface area contributed by atoms with Gasteiger partial charge in [0.15, 0.2) is 0 Å². The summed E-state index contributed by atoms with van der Waals surface area (Å²) in [7, 11) is 1.69. The molecule has 1 rings (SSSR count). The maximum absolute atomic E-state index is 12.1. The summed E-state index contributed by atoms with van der Waals surface area (Å²) in [5.41, 5.74) is 1.60. The second-order valence-electron chi connectivity index (χ2n) is 4.69. The van der Waals surface area contributed by atoms with Crippen LogP contribution in [0.3, 0.4) is 0 Å². The van der Waals surface area contributed by atoms with E-state index in [1.807, 2.05) is 0 Å². The number of nitrogens with one attached hydrogen (secondary N) is 2. The van der Waals surface area contributed by atoms with E-state index in [1.165, 1.54) is 0 Å². The number of anilines is 1. The molecular weight excluding hydrogens is 276 g/mol. The average Bonchev–Trinajstić information content (AvgIpc) is 2.53. The normalized spacial score (nSPS) is 11.0. The molecule has 1 aromatic carbocycles. The van der Waals surface area contributed by atoms with Gasteiger partial charge in [0, 0.05) is 24.2 Å². The molecule has 0 aliphatic carbocycles. The molecule has 6 N–H and O–H groups in total. The molecule has 0 heterocycles. The van der Waals surface area contributed by atoms with Crippen LogP contribution < -0.4 is 10.6 Å². The molecule has 1 amide bonds. The second-order valence-corrected chi connectivity index (χ2v) is 4.69. The third kappa shape index (κ3) is 4.68. The monoisotopic (exact) mass is 298 g/mol. The Morgan fingerprint density at radius 1 is 1.05 bits per heavy atom. The van der Waals surface area contributed by atoms with Gasteiger partial charge < -0.3 is 31.1 Å². The second kappa shape index (κ2) is 8.58. The Morgan fingerprint density at radius 2 is 1.67 bits per heavy atom. The average molecular weight is 298 g/mol. The third-order valence-corrected chi connectivity index (χ3v) is 3.19. The first-order valence-electron chi connectivity index (χ1n) is 6.66. The fraction of sp³-hybridized carbons (Fsp3) is 0.500. The SMILES string of the molecule is CNc1cc(C(=O)NC(CO)CO)cc(C(CO)CO)c1. The van der Waals surface area contributed by atoms with Gasteiger partial charge in [0.05, 0.1) is 32.5 Å². The third-order valence-electron chi connectivity index (χ3n) is 3.19. The summed E-state index contributed by atoms with van der Waals surface area (Å²) in [6.07, 6.45) is 0. The number of hydrogen-bond acceptors (Lipinski definition) is 6. The van der Waals surface area contributed by atoms with Crippen LogP contribution in [0.1, 0.15) is 21.8 Å². The number of benzene rings is 1. The van der Waals surface area contributed by atoms with Gasteiger partial charge in [0.1, 0.15) is 0 Å². The summed E-state index contributed by atoms with van der Waals surface area (Å²) in [5.74, 6) is -0.924. The molecule has 0 atom stereocenters. The molecule has 0 aliphatic heterocycles. The number of carbonyl (C=O) groups excluding carboxylic acids is 1. The summed E-state index contributed by atoms with van der Waals surface area (Å²) < 4.78 is 0. The van der Waals surface area contributed by atoms with Gasteiger partial charge in [-0.3, -0.25) is 4.79 Å². The van der Waals surface area contributed by atoms with Gasteiger partial charge in [-0.05, 0) is 23.8 Å². The van der Waals surface area contributed by atoms with Crippen molar-refractivity contribution in [3.8, 4) is 0 Å². The van der Waals surface area contributed by atoms with Crippen LogP contribution in [-0.2, 0) is 0 Å². The fourth-order valence-electron chi connectivity index (χ4n) is 1.85. The van der Waals surface area contributed by atoms with Crippen LogP contribution in [0.2, 0.25) is 0 Å². The smallest absolute Gasteiger partial charge is 0.251 e. The van der Waals surface area contributed by atoms with Crippen LogP contribution in [-0.4, -0.2) is 65.9 Å². The lowest BCUT2D eigenvalue weighted by atomic mass is 9.97. The lowest BCUT2D eigenvalue weighted by molar-refractivity contribution is 0.0879. The summed E-state index contributed by atoms with van der Waals surface area (Å²) in [4.78, 5) is 12.1. The number of aliphatic hydroxyl groups excluding tert-OH is 4. The van der Waals surface area contributed by atoms with Crippen LogP contribution in [0.5, 0.6) is 0 Å². The van der Waals surface area contributed by atoms with Gasteiger partial charge in [0.25, 0.3) is 5.91 Å². The first kappa shape index (κ1) is 17.4. The molecule has 0 aliphatic rings. The largest absolute Gasteiger partial charge is 0.396 e. The number of amides is 1. The molecule has 0 bridgehead atoms. The highest BCUT2D eigenvalue weighted by Gasteiger charge is 2.16. The van der Waals surface area contributed by atoms with E-state index in [1.54, 1.807) is 25.2 Å². The Hall–Kier alpha value is -1.67. The van der Waals surface area contributed by atoms with Gasteiger partial charge >= 0.3 is 0 Å². The number of hydrogen-bond donors (Lipinski definition) is 6. The van der Waals surface area contributed by atoms with Crippen molar-refractivity contribution in [3.05, 3.63) is 29.3 Å². The van der Waals surface area contributed by atoms with Gasteiger partial charge in [-0.25, -0.2) is 0 Å². The van der Waals surface area contributed by atoms with Gasteiger partial charge in [-0.2, -0.15) is 0 Å². The minimum absolute atomic E-state index is 0.235. The molecule has 0 unspecified atom stereocenters. The van der Waals surface area contributed by atoms with E-state index in [0.717, 1.165) is 0 Å². The molecule has 0 saturated heterocycles. The molecule has 0 spiro atoms. The Morgan fingerprint density at radius 3 is 2.14 bits per heavy atom. The Labute approximate surface area is 123 Å². The topological polar surface area (TPSA) is 122 Å². The Bertz CT molecular complexity index is 459. The minimum Gasteiger partial charge on any atom is -0.396 e. The van der Waals surface area contributed by atoms with Crippen molar-refractivity contribution in [2.24, 2.45) is 0 Å². The molecule has 7 nitrogen and oxygen atoms in total. The van der Waals surface area contributed by atoms with E-state index >= 15 is 0 Å². The van der Waals surface area contributed by atoms with Crippen molar-refractivity contribution in [2.45, 2.75) is 12.0 Å². The predicted octanol–water partition coefficient (Wildman–Crippen LogP) is -1.12. The molecule has 118 valence electrons. The van der Waals surface area contributed by atoms with Crippen LogP contribution >= 0.6 is 0 Å². The van der Waals surface area contributed by atoms with Crippen molar-refractivity contribution in [2.75, 3.05) is 38.8 Å². The number of rotatable bonds is 8. The van der Waals surface area contributed by atoms with Gasteiger partial charge in [0.2, 0.25) is 0 Å². The molecular formula is C14H22N2O5. The van der Waals surface area contributed by atoms with Crippen molar-refractivity contribution in [1.82, 2.24) is 5.32 Å². The van der Waals surface area contributed by atoms with E-state index in [0.29, 0.717) is 16.8 Å². The maximum atomic E-state index is 12.1. The van der Waals surface area contributed by atoms with E-state index in [9.17, 15) is 15.0 Å². The highest BCUT2D eigenvalue weighted by Crippen LogP contribution is 2.21. The van der Waals surface area contributed by atoms with E-state index in [-0.39, 0.29) is 26.4 Å². The molecule has 0 radical (unpaired) electrons. The van der Waals surface area contributed by atoms with Crippen molar-refractivity contribution >= 4 is 11.6 Å². The van der Waals surface area contributed by atoms with Crippen LogP contribution in [0.15, 0.2) is 18.2 Å². The lowest BCUT2D eigenvalue weighted by Crippen LogP contribution is -2.40. The molecule has 7 heteroatoms. The van der Waals surface area contributed by atoms with Crippen molar-refractivity contribution in [1.29, 1.82) is 0 Å². The molecule has 21 heavy (non-hydrogen) atoms. The standard InChI is InChI=1S/C14H22N2O5/c1-15-12-3-9(11(5-17)6-18)2-10(4-12)14(21)16-13(7-19)8-20/h2-4,11,13,15,17-20H,5-8H2,1H3,(H,16,21). The van der Waals surface area contributed by atoms with Crippen LogP contribution in [0, 0.1) is 0 Å². The summed E-state index contributed by atoms with van der Waals surface area (Å²) in [6.45, 7) is -1.20. The maximum Gasteiger partial charge on any atom is 0.251 e. The summed E-state index contributed by atoms with van der Waals surface area (Å²) in [5, 5.41) is 41.9. The quantitative estimate of drug-likeness (QED) is 0.361. The fourth-order valence-corrected chi connectivity index (χ4v) is 1.85. The zero-order valence-electron chi connectivity index (χ0n) is 11.9. The Balaban J connectivity index is 3.05. The Kier molecular flexibility index (Phi) is 7.10. The first-order chi connectivity index (χ1) is 10.1. The lowest BCUT2D eigenvalue weighted by Gasteiger charge is -2.17. The number of aliphatic hydroxyl groups is 4. The van der Waals surface area contributed by atoms with E-state index < -0.39 is 17.9 Å². The highest BCUT2D eigenvalue weighted by atomic mass is 16.3. The highest BCUT2D eigenvalue weighted by molar-refractivity contribution is 5.95. The zero-order chi connectivity index (χ0) is 15.8.